The number of nitrogens with zero attached hydrogens (tertiary/aromatic N) is 2. The summed E-state index contributed by atoms with van der Waals surface area (Å²) in [5, 5.41) is 0.744. The van der Waals surface area contributed by atoms with Crippen LogP contribution in [0.3, 0.4) is 0 Å². The average molecular weight is 457 g/mol. The fraction of sp³-hybridized carbons (Fsp3) is 0.458. The number of fused-ring (bicyclic) bond motifs is 2. The Morgan fingerprint density at radius 1 is 1.29 bits per heavy atom. The number of carbonyl (C=O) groups excluding carboxylic acids is 1. The zero-order valence-electron chi connectivity index (χ0n) is 18.4. The predicted octanol–water partition coefficient (Wildman–Crippen LogP) is 5.25. The Labute approximate surface area is 190 Å². The monoisotopic (exact) mass is 456 g/mol. The van der Waals surface area contributed by atoms with Crippen molar-refractivity contribution in [1.29, 1.82) is 0 Å². The second-order valence-corrected chi connectivity index (χ2v) is 11.2. The molecule has 1 atom stereocenters. The number of imidazole rings is 1. The van der Waals surface area contributed by atoms with Crippen molar-refractivity contribution < 1.29 is 9.53 Å². The van der Waals surface area contributed by atoms with E-state index < -0.39 is 0 Å². The molecular weight excluding hydrogens is 428 g/mol. The molecule has 0 radical (unpaired) electrons. The minimum atomic E-state index is -0.245. The molecule has 0 fully saturated rings. The summed E-state index contributed by atoms with van der Waals surface area (Å²) in [7, 11) is 1.40. The van der Waals surface area contributed by atoms with E-state index in [1.165, 1.54) is 23.7 Å². The molecule has 164 valence electrons. The van der Waals surface area contributed by atoms with Gasteiger partial charge < -0.3 is 4.74 Å². The molecule has 2 heterocycles. The van der Waals surface area contributed by atoms with Gasteiger partial charge in [0, 0.05) is 21.9 Å². The van der Waals surface area contributed by atoms with Crippen LogP contribution in [0.2, 0.25) is 0 Å². The van der Waals surface area contributed by atoms with Gasteiger partial charge in [-0.2, -0.15) is 0 Å². The molecule has 1 aliphatic carbocycles. The summed E-state index contributed by atoms with van der Waals surface area (Å²) in [6, 6.07) is 10.0. The van der Waals surface area contributed by atoms with Gasteiger partial charge in [-0.25, -0.2) is 4.98 Å². The van der Waals surface area contributed by atoms with E-state index in [9.17, 15) is 9.59 Å². The molecule has 0 spiro atoms. The van der Waals surface area contributed by atoms with Crippen LogP contribution >= 0.6 is 23.1 Å². The van der Waals surface area contributed by atoms with Crippen LogP contribution in [0.4, 0.5) is 0 Å². The Bertz CT molecular complexity index is 1160. The van der Waals surface area contributed by atoms with E-state index in [1.54, 1.807) is 11.3 Å². The molecule has 0 bridgehead atoms. The second-order valence-electron chi connectivity index (χ2n) is 9.03. The average Bonchev–Trinajstić information content (AvgIpc) is 3.11. The van der Waals surface area contributed by atoms with Crippen molar-refractivity contribution in [2.75, 3.05) is 12.9 Å². The van der Waals surface area contributed by atoms with E-state index in [1.807, 2.05) is 30.3 Å². The fourth-order valence-electron chi connectivity index (χ4n) is 4.11. The molecule has 4 rings (SSSR count). The lowest BCUT2D eigenvalue weighted by Crippen LogP contribution is -2.29. The SMILES string of the molecule is COC(=O)CCSc1nc2c(=O)c3c(sc2n1-c1ccccc1)CC(C(C)(C)C)CC3. The quantitative estimate of drug-likeness (QED) is 0.387. The number of aromatic nitrogens is 2. The highest BCUT2D eigenvalue weighted by molar-refractivity contribution is 7.99. The number of esters is 1. The molecule has 5 nitrogen and oxygen atoms in total. The zero-order valence-corrected chi connectivity index (χ0v) is 20.1. The number of ether oxygens (including phenoxy) is 1. The first-order valence-electron chi connectivity index (χ1n) is 10.6. The third kappa shape index (κ3) is 4.44. The van der Waals surface area contributed by atoms with Gasteiger partial charge in [-0.15, -0.1) is 11.3 Å². The lowest BCUT2D eigenvalue weighted by Gasteiger charge is -2.34. The summed E-state index contributed by atoms with van der Waals surface area (Å²) in [6.45, 7) is 6.86. The van der Waals surface area contributed by atoms with Gasteiger partial charge in [-0.1, -0.05) is 50.7 Å². The van der Waals surface area contributed by atoms with Gasteiger partial charge in [0.2, 0.25) is 5.43 Å². The van der Waals surface area contributed by atoms with Crippen molar-refractivity contribution in [3.63, 3.8) is 0 Å². The molecule has 31 heavy (non-hydrogen) atoms. The number of thioether (sulfide) groups is 1. The standard InChI is InChI=1S/C24H28N2O3S2/c1-24(2,3)15-10-11-17-18(14-15)31-22-20(21(17)28)25-23(30-13-12-19(27)29-4)26(22)16-8-6-5-7-9-16/h5-9,15H,10-14H2,1-4H3. The molecule has 7 heteroatoms. The van der Waals surface area contributed by atoms with Crippen LogP contribution in [0.15, 0.2) is 40.3 Å². The van der Waals surface area contributed by atoms with Gasteiger partial charge in [0.25, 0.3) is 0 Å². The molecule has 0 N–H and O–H groups in total. The Balaban J connectivity index is 1.82. The van der Waals surface area contributed by atoms with Crippen molar-refractivity contribution in [2.24, 2.45) is 11.3 Å². The van der Waals surface area contributed by atoms with E-state index >= 15 is 0 Å². The zero-order chi connectivity index (χ0) is 22.2. The second kappa shape index (κ2) is 8.79. The summed E-state index contributed by atoms with van der Waals surface area (Å²) in [4.78, 5) is 31.8. The fourth-order valence-corrected chi connectivity index (χ4v) is 6.45. The van der Waals surface area contributed by atoms with Crippen molar-refractivity contribution in [3.05, 3.63) is 51.0 Å². The minimum Gasteiger partial charge on any atom is -0.469 e. The summed E-state index contributed by atoms with van der Waals surface area (Å²) >= 11 is 3.19. The molecule has 1 unspecified atom stereocenters. The maximum atomic E-state index is 13.4. The van der Waals surface area contributed by atoms with Crippen LogP contribution in [0.5, 0.6) is 0 Å². The molecule has 0 saturated carbocycles. The summed E-state index contributed by atoms with van der Waals surface area (Å²) in [6.07, 6.45) is 3.12. The van der Waals surface area contributed by atoms with Crippen LogP contribution < -0.4 is 5.43 Å². The number of methoxy groups -OCH3 is 1. The minimum absolute atomic E-state index is 0.0700. The van der Waals surface area contributed by atoms with Crippen molar-refractivity contribution in [3.8, 4) is 5.69 Å². The number of hydrogen-bond acceptors (Lipinski definition) is 6. The number of carbonyl (C=O) groups is 1. The molecule has 1 aliphatic rings. The van der Waals surface area contributed by atoms with Gasteiger partial charge in [-0.05, 0) is 42.7 Å². The Morgan fingerprint density at radius 3 is 2.71 bits per heavy atom. The third-order valence-electron chi connectivity index (χ3n) is 6.03. The normalized spacial score (nSPS) is 16.3. The van der Waals surface area contributed by atoms with Gasteiger partial charge in [0.1, 0.15) is 10.3 Å². The third-order valence-corrected chi connectivity index (χ3v) is 8.20. The molecule has 2 aromatic heterocycles. The van der Waals surface area contributed by atoms with Gasteiger partial charge in [0.05, 0.1) is 13.5 Å². The van der Waals surface area contributed by atoms with E-state index in [4.69, 9.17) is 9.72 Å². The Kier molecular flexibility index (Phi) is 6.26. The maximum absolute atomic E-state index is 13.4. The molecule has 3 aromatic rings. The first-order chi connectivity index (χ1) is 14.8. The number of hydrogen-bond donors (Lipinski definition) is 0. The summed E-state index contributed by atoms with van der Waals surface area (Å²) in [5.41, 5.74) is 2.76. The van der Waals surface area contributed by atoms with Crippen LogP contribution in [0.25, 0.3) is 16.0 Å². The van der Waals surface area contributed by atoms with E-state index in [0.717, 1.165) is 40.5 Å². The summed E-state index contributed by atoms with van der Waals surface area (Å²) in [5.74, 6) is 0.869. The summed E-state index contributed by atoms with van der Waals surface area (Å²) < 4.78 is 6.83. The highest BCUT2D eigenvalue weighted by Crippen LogP contribution is 2.40. The first-order valence-corrected chi connectivity index (χ1v) is 12.4. The van der Waals surface area contributed by atoms with Crippen LogP contribution in [-0.2, 0) is 22.4 Å². The van der Waals surface area contributed by atoms with E-state index in [0.29, 0.717) is 23.6 Å². The molecule has 1 aromatic carbocycles. The topological polar surface area (TPSA) is 61.2 Å². The highest BCUT2D eigenvalue weighted by atomic mass is 32.2. The molecule has 0 saturated heterocycles. The van der Waals surface area contributed by atoms with Gasteiger partial charge in [0.15, 0.2) is 5.16 Å². The number of para-hydroxylation sites is 1. The lowest BCUT2D eigenvalue weighted by atomic mass is 9.72. The largest absolute Gasteiger partial charge is 0.469 e. The molecule has 0 amide bonds. The van der Waals surface area contributed by atoms with Crippen molar-refractivity contribution in [1.82, 2.24) is 9.55 Å². The van der Waals surface area contributed by atoms with Gasteiger partial charge in [-0.3, -0.25) is 14.2 Å². The first kappa shape index (κ1) is 22.1. The van der Waals surface area contributed by atoms with Gasteiger partial charge >= 0.3 is 5.97 Å². The predicted molar refractivity (Wildman–Crippen MR) is 128 cm³/mol. The lowest BCUT2D eigenvalue weighted by molar-refractivity contribution is -0.140. The number of rotatable bonds is 5. The smallest absolute Gasteiger partial charge is 0.306 e. The Hall–Kier alpha value is -2.12. The van der Waals surface area contributed by atoms with Crippen molar-refractivity contribution in [2.45, 2.75) is 51.6 Å². The maximum Gasteiger partial charge on any atom is 0.306 e. The highest BCUT2D eigenvalue weighted by Gasteiger charge is 2.31. The van der Waals surface area contributed by atoms with E-state index in [-0.39, 0.29) is 16.8 Å². The Morgan fingerprint density at radius 2 is 2.03 bits per heavy atom. The van der Waals surface area contributed by atoms with E-state index in [2.05, 4.69) is 25.3 Å². The van der Waals surface area contributed by atoms with Crippen molar-refractivity contribution >= 4 is 39.4 Å². The molecule has 0 aliphatic heterocycles. The van der Waals surface area contributed by atoms with Crippen LogP contribution in [0.1, 0.15) is 44.1 Å². The van der Waals surface area contributed by atoms with Crippen LogP contribution in [-0.4, -0.2) is 28.4 Å². The van der Waals surface area contributed by atoms with Crippen LogP contribution in [0, 0.1) is 11.3 Å². The number of benzene rings is 1. The molecular formula is C24H28N2O3S2.